The Kier molecular flexibility index (Phi) is 6.38. The van der Waals surface area contributed by atoms with Crippen LogP contribution in [0.4, 0.5) is 11.4 Å². The Morgan fingerprint density at radius 3 is 2.47 bits per heavy atom. The number of nitrogens with one attached hydrogen (secondary N) is 2. The molecule has 4 rings (SSSR count). The number of methoxy groups -OCH3 is 1. The zero-order chi connectivity index (χ0) is 24.3. The molecular formula is C25H23N3O5S. The lowest BCUT2D eigenvalue weighted by Crippen LogP contribution is -2.14. The first kappa shape index (κ1) is 23.1. The second kappa shape index (κ2) is 9.40. The number of rotatable bonds is 7. The number of carbonyl (C=O) groups excluding carboxylic acids is 1. The second-order valence-corrected chi connectivity index (χ2v) is 9.43. The lowest BCUT2D eigenvalue weighted by Gasteiger charge is -2.13. The highest BCUT2D eigenvalue weighted by molar-refractivity contribution is 7.92. The average molecular weight is 478 g/mol. The van der Waals surface area contributed by atoms with Gasteiger partial charge in [0, 0.05) is 22.9 Å². The molecule has 1 heterocycles. The number of nitrogens with zero attached hydrogens (tertiary/aromatic N) is 1. The third-order valence-corrected chi connectivity index (χ3v) is 5.59. The Hall–Kier alpha value is -4.11. The number of amides is 1. The minimum Gasteiger partial charge on any atom is -0.494 e. The van der Waals surface area contributed by atoms with Crippen LogP contribution in [0.1, 0.15) is 15.9 Å². The molecule has 1 aromatic heterocycles. The van der Waals surface area contributed by atoms with E-state index in [0.29, 0.717) is 28.5 Å². The summed E-state index contributed by atoms with van der Waals surface area (Å²) in [5, 5.41) is 2.81. The molecule has 2 N–H and O–H groups in total. The Balaban J connectivity index is 1.60. The number of anilines is 2. The molecule has 0 aliphatic heterocycles. The third kappa shape index (κ3) is 5.26. The molecule has 1 amide bonds. The monoisotopic (exact) mass is 477 g/mol. The van der Waals surface area contributed by atoms with Crippen LogP contribution in [0.3, 0.4) is 0 Å². The number of hydrogen-bond acceptors (Lipinski definition) is 6. The first-order valence-electron chi connectivity index (χ1n) is 10.3. The largest absolute Gasteiger partial charge is 0.494 e. The van der Waals surface area contributed by atoms with Crippen LogP contribution in [-0.2, 0) is 10.0 Å². The van der Waals surface area contributed by atoms with E-state index in [0.717, 1.165) is 17.4 Å². The summed E-state index contributed by atoms with van der Waals surface area (Å²) in [5.41, 5.74) is 3.65. The van der Waals surface area contributed by atoms with Crippen molar-refractivity contribution in [3.8, 4) is 28.5 Å². The zero-order valence-corrected chi connectivity index (χ0v) is 19.6. The Bertz CT molecular complexity index is 1440. The fourth-order valence-corrected chi connectivity index (χ4v) is 3.94. The van der Waals surface area contributed by atoms with Crippen LogP contribution < -0.4 is 14.8 Å². The lowest BCUT2D eigenvalue weighted by molar-refractivity contribution is 0.102. The molecule has 174 valence electrons. The molecule has 3 aromatic carbocycles. The minimum atomic E-state index is -3.48. The molecule has 8 nitrogen and oxygen atoms in total. The predicted molar refractivity (Wildman–Crippen MR) is 132 cm³/mol. The van der Waals surface area contributed by atoms with Gasteiger partial charge in [-0.15, -0.1) is 0 Å². The fraction of sp³-hybridized carbons (Fsp3) is 0.120. The predicted octanol–water partition coefficient (Wildman–Crippen LogP) is 4.95. The number of aromatic nitrogens is 1. The highest BCUT2D eigenvalue weighted by atomic mass is 32.2. The van der Waals surface area contributed by atoms with Gasteiger partial charge >= 0.3 is 0 Å². The molecule has 0 bridgehead atoms. The van der Waals surface area contributed by atoms with E-state index in [9.17, 15) is 13.2 Å². The van der Waals surface area contributed by atoms with Crippen LogP contribution in [0.2, 0.25) is 0 Å². The van der Waals surface area contributed by atoms with Gasteiger partial charge in [-0.1, -0.05) is 42.0 Å². The van der Waals surface area contributed by atoms with Crippen LogP contribution in [-0.4, -0.2) is 32.7 Å². The van der Waals surface area contributed by atoms with Gasteiger partial charge in [-0.3, -0.25) is 9.52 Å². The molecule has 0 fully saturated rings. The number of hydrogen-bond donors (Lipinski definition) is 2. The molecule has 0 atom stereocenters. The van der Waals surface area contributed by atoms with Crippen molar-refractivity contribution in [3.05, 3.63) is 84.1 Å². The fourth-order valence-electron chi connectivity index (χ4n) is 3.37. The maximum Gasteiger partial charge on any atom is 0.256 e. The first-order valence-corrected chi connectivity index (χ1v) is 12.2. The van der Waals surface area contributed by atoms with E-state index in [4.69, 9.17) is 9.15 Å². The molecular weight excluding hydrogens is 454 g/mol. The maximum atomic E-state index is 13.1. The molecule has 0 spiro atoms. The zero-order valence-electron chi connectivity index (χ0n) is 18.8. The van der Waals surface area contributed by atoms with Gasteiger partial charge in [0.1, 0.15) is 5.75 Å². The highest BCUT2D eigenvalue weighted by Crippen LogP contribution is 2.31. The molecule has 0 aliphatic carbocycles. The summed E-state index contributed by atoms with van der Waals surface area (Å²) in [4.78, 5) is 17.5. The van der Waals surface area contributed by atoms with E-state index >= 15 is 0 Å². The molecule has 9 heteroatoms. The van der Waals surface area contributed by atoms with Gasteiger partial charge in [0.25, 0.3) is 5.91 Å². The topological polar surface area (TPSA) is 111 Å². The lowest BCUT2D eigenvalue weighted by atomic mass is 10.1. The van der Waals surface area contributed by atoms with Gasteiger partial charge < -0.3 is 14.5 Å². The standard InChI is InChI=1S/C25H23N3O5S/c1-16-8-10-17(11-9-16)23-15-26-25(33-23)20-7-5-4-6-19(20)24(29)27-18-12-13-21(22(14-18)32-2)28-34(3,30)31/h4-15,28H,1-3H3,(H,27,29). The van der Waals surface area contributed by atoms with E-state index in [-0.39, 0.29) is 17.3 Å². The van der Waals surface area contributed by atoms with E-state index in [1.54, 1.807) is 36.5 Å². The molecule has 0 saturated heterocycles. The molecule has 0 radical (unpaired) electrons. The van der Waals surface area contributed by atoms with Crippen molar-refractivity contribution in [2.75, 3.05) is 23.4 Å². The van der Waals surface area contributed by atoms with Crippen LogP contribution >= 0.6 is 0 Å². The number of benzene rings is 3. The van der Waals surface area contributed by atoms with Crippen molar-refractivity contribution >= 4 is 27.3 Å². The van der Waals surface area contributed by atoms with E-state index in [1.807, 2.05) is 31.2 Å². The molecule has 0 saturated carbocycles. The Morgan fingerprint density at radius 1 is 1.03 bits per heavy atom. The van der Waals surface area contributed by atoms with E-state index < -0.39 is 10.0 Å². The van der Waals surface area contributed by atoms with Crippen molar-refractivity contribution in [1.29, 1.82) is 0 Å². The smallest absolute Gasteiger partial charge is 0.256 e. The number of oxazole rings is 1. The van der Waals surface area contributed by atoms with Crippen LogP contribution in [0, 0.1) is 6.92 Å². The van der Waals surface area contributed by atoms with Gasteiger partial charge in [0.15, 0.2) is 5.76 Å². The van der Waals surface area contributed by atoms with Gasteiger partial charge in [-0.25, -0.2) is 13.4 Å². The average Bonchev–Trinajstić information content (AvgIpc) is 3.30. The van der Waals surface area contributed by atoms with Crippen LogP contribution in [0.25, 0.3) is 22.8 Å². The SMILES string of the molecule is COc1cc(NC(=O)c2ccccc2-c2ncc(-c3ccc(C)cc3)o2)ccc1NS(C)(=O)=O. The normalized spacial score (nSPS) is 11.1. The first-order chi connectivity index (χ1) is 16.2. The number of sulfonamides is 1. The van der Waals surface area contributed by atoms with Crippen molar-refractivity contribution in [2.45, 2.75) is 6.92 Å². The summed E-state index contributed by atoms with van der Waals surface area (Å²) in [5.74, 6) is 0.819. The molecule has 34 heavy (non-hydrogen) atoms. The van der Waals surface area contributed by atoms with Crippen molar-refractivity contribution in [3.63, 3.8) is 0 Å². The molecule has 0 unspecified atom stereocenters. The summed E-state index contributed by atoms with van der Waals surface area (Å²) in [7, 11) is -2.07. The van der Waals surface area contributed by atoms with Crippen LogP contribution in [0.15, 0.2) is 77.3 Å². The summed E-state index contributed by atoms with van der Waals surface area (Å²) in [6.07, 6.45) is 2.68. The summed E-state index contributed by atoms with van der Waals surface area (Å²) in [6, 6.07) is 19.5. The molecule has 4 aromatic rings. The second-order valence-electron chi connectivity index (χ2n) is 7.68. The quantitative estimate of drug-likeness (QED) is 0.390. The highest BCUT2D eigenvalue weighted by Gasteiger charge is 2.18. The Labute approximate surface area is 197 Å². The third-order valence-electron chi connectivity index (χ3n) is 5.00. The summed E-state index contributed by atoms with van der Waals surface area (Å²) >= 11 is 0. The minimum absolute atomic E-state index is 0.270. The van der Waals surface area contributed by atoms with Gasteiger partial charge in [-0.05, 0) is 31.2 Å². The number of ether oxygens (including phenoxy) is 1. The summed E-state index contributed by atoms with van der Waals surface area (Å²) in [6.45, 7) is 2.01. The number of carbonyl (C=O) groups is 1. The van der Waals surface area contributed by atoms with Gasteiger partial charge in [-0.2, -0.15) is 0 Å². The van der Waals surface area contributed by atoms with Crippen molar-refractivity contribution < 1.29 is 22.4 Å². The van der Waals surface area contributed by atoms with Crippen LogP contribution in [0.5, 0.6) is 5.75 Å². The van der Waals surface area contributed by atoms with Gasteiger partial charge in [0.2, 0.25) is 15.9 Å². The summed E-state index contributed by atoms with van der Waals surface area (Å²) < 4.78 is 36.7. The molecule has 0 aliphatic rings. The van der Waals surface area contributed by atoms with E-state index in [2.05, 4.69) is 15.0 Å². The van der Waals surface area contributed by atoms with Crippen molar-refractivity contribution in [1.82, 2.24) is 4.98 Å². The maximum absolute atomic E-state index is 13.1. The van der Waals surface area contributed by atoms with Gasteiger partial charge in [0.05, 0.1) is 30.8 Å². The Morgan fingerprint density at radius 2 is 1.76 bits per heavy atom. The van der Waals surface area contributed by atoms with E-state index in [1.165, 1.54) is 19.2 Å². The van der Waals surface area contributed by atoms with Crippen molar-refractivity contribution in [2.24, 2.45) is 0 Å². The number of aryl methyl sites for hydroxylation is 1.